The largest absolute Gasteiger partial charge is 0.416 e. The number of aromatic nitrogens is 4. The normalized spacial score (nSPS) is 12.4. The van der Waals surface area contributed by atoms with Gasteiger partial charge in [0.15, 0.2) is 0 Å². The zero-order valence-corrected chi connectivity index (χ0v) is 17.3. The second kappa shape index (κ2) is 8.50. The summed E-state index contributed by atoms with van der Waals surface area (Å²) >= 11 is 0. The Morgan fingerprint density at radius 2 is 1.50 bits per heavy atom. The van der Waals surface area contributed by atoms with E-state index in [2.05, 4.69) is 4.98 Å². The number of rotatable bonds is 5. The van der Waals surface area contributed by atoms with E-state index in [4.69, 9.17) is 0 Å². The Morgan fingerprint density at radius 1 is 0.853 bits per heavy atom. The smallest absolute Gasteiger partial charge is 0.337 e. The zero-order chi connectivity index (χ0) is 24.7. The Kier molecular flexibility index (Phi) is 5.84. The lowest BCUT2D eigenvalue weighted by Gasteiger charge is -2.17. The van der Waals surface area contributed by atoms with Gasteiger partial charge in [-0.15, -0.1) is 0 Å². The first-order chi connectivity index (χ1) is 16.0. The highest BCUT2D eigenvalue weighted by atomic mass is 19.4. The number of hydrogen-bond acceptors (Lipinski definition) is 3. The molecule has 0 aliphatic carbocycles. The number of nitrogens with zero attached hydrogens (tertiary/aromatic N) is 4. The Hall–Kier alpha value is -3.83. The number of fused-ring (bicyclic) bond motifs is 1. The lowest BCUT2D eigenvalue weighted by atomic mass is 10.1. The molecule has 4 rings (SSSR count). The Balaban J connectivity index is 1.93. The average Bonchev–Trinajstić information content (AvgIpc) is 3.28. The first-order valence-corrected chi connectivity index (χ1v) is 9.97. The van der Waals surface area contributed by atoms with Crippen LogP contribution in [0, 0.1) is 0 Å². The summed E-state index contributed by atoms with van der Waals surface area (Å²) < 4.78 is 83.3. The van der Waals surface area contributed by atoms with Gasteiger partial charge < -0.3 is 4.57 Å². The number of alkyl halides is 6. The van der Waals surface area contributed by atoms with Crippen LogP contribution in [0.15, 0.2) is 70.8 Å². The molecule has 12 heteroatoms. The summed E-state index contributed by atoms with van der Waals surface area (Å²) in [7, 11) is 0. The highest BCUT2D eigenvalue weighted by molar-refractivity contribution is 5.78. The van der Waals surface area contributed by atoms with Gasteiger partial charge in [-0.3, -0.25) is 9.36 Å². The van der Waals surface area contributed by atoms with Gasteiger partial charge in [0, 0.05) is 25.5 Å². The molecule has 0 bridgehead atoms. The van der Waals surface area contributed by atoms with Gasteiger partial charge in [-0.2, -0.15) is 26.3 Å². The van der Waals surface area contributed by atoms with Gasteiger partial charge in [0.2, 0.25) is 0 Å². The highest BCUT2D eigenvalue weighted by Gasteiger charge is 2.37. The summed E-state index contributed by atoms with van der Waals surface area (Å²) in [6.45, 7) is 0.505. The van der Waals surface area contributed by atoms with E-state index in [0.29, 0.717) is 29.7 Å². The zero-order valence-electron chi connectivity index (χ0n) is 17.3. The molecule has 4 aromatic rings. The lowest BCUT2D eigenvalue weighted by molar-refractivity contribution is -0.143. The summed E-state index contributed by atoms with van der Waals surface area (Å²) in [6, 6.07) is 6.58. The van der Waals surface area contributed by atoms with Gasteiger partial charge in [0.25, 0.3) is 5.56 Å². The molecule has 2 heterocycles. The van der Waals surface area contributed by atoms with Crippen molar-refractivity contribution >= 4 is 10.9 Å². The molecule has 178 valence electrons. The quantitative estimate of drug-likeness (QED) is 0.395. The second-order valence-electron chi connectivity index (χ2n) is 7.51. The second-order valence-corrected chi connectivity index (χ2v) is 7.51. The van der Waals surface area contributed by atoms with E-state index in [-0.39, 0.29) is 23.5 Å². The van der Waals surface area contributed by atoms with E-state index in [1.165, 1.54) is 22.8 Å². The molecular formula is C22H16F6N4O2. The molecule has 0 saturated carbocycles. The monoisotopic (exact) mass is 482 g/mol. The number of halogens is 6. The van der Waals surface area contributed by atoms with Crippen LogP contribution in [-0.4, -0.2) is 18.7 Å². The molecule has 0 radical (unpaired) electrons. The molecule has 6 nitrogen and oxygen atoms in total. The highest BCUT2D eigenvalue weighted by Crippen LogP contribution is 2.36. The van der Waals surface area contributed by atoms with Crippen molar-refractivity contribution in [1.82, 2.24) is 18.7 Å². The number of aryl methyl sites for hydroxylation is 2. The molecule has 0 fully saturated rings. The van der Waals surface area contributed by atoms with Crippen molar-refractivity contribution in [1.29, 1.82) is 0 Å². The fraction of sp³-hybridized carbons (Fsp3) is 0.227. The summed E-state index contributed by atoms with van der Waals surface area (Å²) in [5.41, 5.74) is -5.89. The maximum atomic E-state index is 13.3. The van der Waals surface area contributed by atoms with Crippen molar-refractivity contribution in [2.24, 2.45) is 0 Å². The summed E-state index contributed by atoms with van der Waals surface area (Å²) in [5.74, 6) is 0. The van der Waals surface area contributed by atoms with Crippen LogP contribution in [-0.2, 0) is 25.4 Å². The molecule has 2 aromatic heterocycles. The molecule has 34 heavy (non-hydrogen) atoms. The molecule has 0 aliphatic heterocycles. The maximum Gasteiger partial charge on any atom is 0.416 e. The van der Waals surface area contributed by atoms with Crippen LogP contribution >= 0.6 is 0 Å². The molecular weight excluding hydrogens is 466 g/mol. The van der Waals surface area contributed by atoms with E-state index >= 15 is 0 Å². The van der Waals surface area contributed by atoms with Crippen molar-refractivity contribution in [2.45, 2.75) is 31.9 Å². The predicted molar refractivity (Wildman–Crippen MR) is 111 cm³/mol. The van der Waals surface area contributed by atoms with Crippen LogP contribution < -0.4 is 11.2 Å². The van der Waals surface area contributed by atoms with E-state index in [0.717, 1.165) is 0 Å². The average molecular weight is 482 g/mol. The van der Waals surface area contributed by atoms with Crippen LogP contribution in [0.1, 0.15) is 17.5 Å². The van der Waals surface area contributed by atoms with Gasteiger partial charge >= 0.3 is 18.0 Å². The first-order valence-electron chi connectivity index (χ1n) is 9.97. The molecule has 0 aliphatic rings. The van der Waals surface area contributed by atoms with E-state index in [1.807, 2.05) is 0 Å². The van der Waals surface area contributed by atoms with Crippen molar-refractivity contribution in [3.63, 3.8) is 0 Å². The number of hydrogen-bond donors (Lipinski definition) is 0. The van der Waals surface area contributed by atoms with Crippen LogP contribution in [0.4, 0.5) is 26.3 Å². The standard InChI is InChI=1S/C22H16F6N4O2/c23-21(24,25)14-10-15(22(26,27)28)12-16(11-14)32-19(33)17-4-1-2-5-18(17)31(20(32)34)8-3-7-30-9-6-29-13-30/h1-2,4-6,9-13H,3,7-8H2. The Labute approximate surface area is 187 Å². The van der Waals surface area contributed by atoms with Gasteiger partial charge in [-0.1, -0.05) is 12.1 Å². The molecule has 0 N–H and O–H groups in total. The summed E-state index contributed by atoms with van der Waals surface area (Å²) in [6.07, 6.45) is -5.05. The van der Waals surface area contributed by atoms with E-state index < -0.39 is 40.4 Å². The molecule has 2 aromatic carbocycles. The number of imidazole rings is 1. The molecule has 0 atom stereocenters. The molecule has 0 unspecified atom stereocenters. The van der Waals surface area contributed by atoms with E-state index in [1.54, 1.807) is 29.4 Å². The van der Waals surface area contributed by atoms with Crippen LogP contribution in [0.5, 0.6) is 0 Å². The molecule has 0 amide bonds. The SMILES string of the molecule is O=c1c2ccccc2n(CCCn2ccnc2)c(=O)n1-c1cc(C(F)(F)F)cc(C(F)(F)F)c1. The Morgan fingerprint density at radius 3 is 2.09 bits per heavy atom. The van der Waals surface area contributed by atoms with E-state index in [9.17, 15) is 35.9 Å². The first kappa shape index (κ1) is 23.3. The van der Waals surface area contributed by atoms with Crippen molar-refractivity contribution < 1.29 is 26.3 Å². The van der Waals surface area contributed by atoms with Crippen molar-refractivity contribution in [2.75, 3.05) is 0 Å². The van der Waals surface area contributed by atoms with Crippen LogP contribution in [0.3, 0.4) is 0 Å². The molecule has 0 saturated heterocycles. The third kappa shape index (κ3) is 4.47. The minimum Gasteiger partial charge on any atom is -0.337 e. The minimum atomic E-state index is -5.12. The van der Waals surface area contributed by atoms with Gasteiger partial charge in [0.1, 0.15) is 0 Å². The van der Waals surface area contributed by atoms with Gasteiger partial charge in [-0.05, 0) is 36.8 Å². The van der Waals surface area contributed by atoms with Crippen molar-refractivity contribution in [3.05, 3.63) is 93.2 Å². The summed E-state index contributed by atoms with van der Waals surface area (Å²) in [4.78, 5) is 30.2. The predicted octanol–water partition coefficient (Wildman–Crippen LogP) is 4.48. The topological polar surface area (TPSA) is 61.8 Å². The fourth-order valence-corrected chi connectivity index (χ4v) is 3.66. The third-order valence-electron chi connectivity index (χ3n) is 5.24. The third-order valence-corrected chi connectivity index (χ3v) is 5.24. The number of para-hydroxylation sites is 1. The molecule has 0 spiro atoms. The van der Waals surface area contributed by atoms with Crippen LogP contribution in [0.2, 0.25) is 0 Å². The van der Waals surface area contributed by atoms with Gasteiger partial charge in [-0.25, -0.2) is 14.3 Å². The fourth-order valence-electron chi connectivity index (χ4n) is 3.66. The summed E-state index contributed by atoms with van der Waals surface area (Å²) in [5, 5.41) is -0.0179. The lowest BCUT2D eigenvalue weighted by Crippen LogP contribution is -2.39. The van der Waals surface area contributed by atoms with Crippen LogP contribution in [0.25, 0.3) is 16.6 Å². The minimum absolute atomic E-state index is 0.0179. The Bertz CT molecular complexity index is 1420. The number of benzene rings is 2. The van der Waals surface area contributed by atoms with Gasteiger partial charge in [0.05, 0.1) is 34.0 Å². The maximum absolute atomic E-state index is 13.3. The van der Waals surface area contributed by atoms with Crippen molar-refractivity contribution in [3.8, 4) is 5.69 Å².